The SMILES string of the molecule is COC(=O)c1cccc(N2CCC(C#N)C2C)c1. The summed E-state index contributed by atoms with van der Waals surface area (Å²) in [5, 5.41) is 9.03. The van der Waals surface area contributed by atoms with Crippen molar-refractivity contribution in [3.63, 3.8) is 0 Å². The predicted octanol–water partition coefficient (Wildman–Crippen LogP) is 2.21. The van der Waals surface area contributed by atoms with Gasteiger partial charge in [-0.2, -0.15) is 5.26 Å². The van der Waals surface area contributed by atoms with Crippen LogP contribution in [0.1, 0.15) is 23.7 Å². The largest absolute Gasteiger partial charge is 0.465 e. The minimum absolute atomic E-state index is 0.0618. The molecule has 0 saturated carbocycles. The highest BCUT2D eigenvalue weighted by molar-refractivity contribution is 5.90. The summed E-state index contributed by atoms with van der Waals surface area (Å²) >= 11 is 0. The smallest absolute Gasteiger partial charge is 0.337 e. The summed E-state index contributed by atoms with van der Waals surface area (Å²) in [7, 11) is 1.37. The van der Waals surface area contributed by atoms with Crippen molar-refractivity contribution in [2.45, 2.75) is 19.4 Å². The van der Waals surface area contributed by atoms with Crippen LogP contribution in [0.15, 0.2) is 24.3 Å². The molecule has 1 aromatic rings. The van der Waals surface area contributed by atoms with Gasteiger partial charge in [-0.15, -0.1) is 0 Å². The minimum Gasteiger partial charge on any atom is -0.465 e. The van der Waals surface area contributed by atoms with Crippen LogP contribution >= 0.6 is 0 Å². The van der Waals surface area contributed by atoms with Crippen molar-refractivity contribution in [2.24, 2.45) is 5.92 Å². The van der Waals surface area contributed by atoms with E-state index in [9.17, 15) is 4.79 Å². The van der Waals surface area contributed by atoms with E-state index in [-0.39, 0.29) is 17.9 Å². The third kappa shape index (κ3) is 2.17. The fourth-order valence-electron chi connectivity index (χ4n) is 2.41. The number of ether oxygens (including phenoxy) is 1. The van der Waals surface area contributed by atoms with Gasteiger partial charge in [0.15, 0.2) is 0 Å². The van der Waals surface area contributed by atoms with Crippen molar-refractivity contribution in [2.75, 3.05) is 18.6 Å². The summed E-state index contributed by atoms with van der Waals surface area (Å²) < 4.78 is 4.71. The van der Waals surface area contributed by atoms with Gasteiger partial charge in [0.1, 0.15) is 0 Å². The summed E-state index contributed by atoms with van der Waals surface area (Å²) in [6.45, 7) is 2.90. The predicted molar refractivity (Wildman–Crippen MR) is 68.3 cm³/mol. The quantitative estimate of drug-likeness (QED) is 0.748. The molecule has 1 aliphatic rings. The number of benzene rings is 1. The van der Waals surface area contributed by atoms with E-state index in [2.05, 4.69) is 11.0 Å². The summed E-state index contributed by atoms with van der Waals surface area (Å²) in [6, 6.07) is 9.87. The van der Waals surface area contributed by atoms with Crippen molar-refractivity contribution in [1.82, 2.24) is 0 Å². The maximum atomic E-state index is 11.5. The number of anilines is 1. The minimum atomic E-state index is -0.333. The molecule has 1 aromatic carbocycles. The van der Waals surface area contributed by atoms with E-state index < -0.39 is 0 Å². The molecule has 2 unspecified atom stereocenters. The normalized spacial score (nSPS) is 22.6. The molecular weight excluding hydrogens is 228 g/mol. The van der Waals surface area contributed by atoms with Gasteiger partial charge in [0.2, 0.25) is 0 Å². The van der Waals surface area contributed by atoms with Crippen LogP contribution in [0.2, 0.25) is 0 Å². The Bertz CT molecular complexity index is 493. The number of methoxy groups -OCH3 is 1. The highest BCUT2D eigenvalue weighted by Crippen LogP contribution is 2.29. The first kappa shape index (κ1) is 12.4. The Balaban J connectivity index is 2.25. The molecule has 0 spiro atoms. The van der Waals surface area contributed by atoms with Crippen LogP contribution in [0.4, 0.5) is 5.69 Å². The molecule has 0 amide bonds. The van der Waals surface area contributed by atoms with Gasteiger partial charge in [0.25, 0.3) is 0 Å². The second kappa shape index (κ2) is 5.09. The first-order chi connectivity index (χ1) is 8.67. The molecule has 0 N–H and O–H groups in total. The lowest BCUT2D eigenvalue weighted by atomic mass is 10.0. The van der Waals surface area contributed by atoms with E-state index in [1.54, 1.807) is 6.07 Å². The van der Waals surface area contributed by atoms with Crippen LogP contribution in [0.5, 0.6) is 0 Å². The number of hydrogen-bond acceptors (Lipinski definition) is 4. The van der Waals surface area contributed by atoms with Crippen molar-refractivity contribution in [1.29, 1.82) is 5.26 Å². The lowest BCUT2D eigenvalue weighted by molar-refractivity contribution is 0.0601. The molecule has 2 rings (SSSR count). The molecule has 1 aliphatic heterocycles. The average Bonchev–Trinajstić information content (AvgIpc) is 2.79. The second-order valence-electron chi connectivity index (χ2n) is 4.50. The topological polar surface area (TPSA) is 53.3 Å². The van der Waals surface area contributed by atoms with Gasteiger partial charge in [-0.3, -0.25) is 0 Å². The first-order valence-corrected chi connectivity index (χ1v) is 6.02. The maximum absolute atomic E-state index is 11.5. The molecule has 0 aliphatic carbocycles. The number of rotatable bonds is 2. The van der Waals surface area contributed by atoms with E-state index in [1.807, 2.05) is 25.1 Å². The van der Waals surface area contributed by atoms with E-state index in [1.165, 1.54) is 7.11 Å². The molecule has 0 radical (unpaired) electrons. The van der Waals surface area contributed by atoms with Crippen LogP contribution in [0.3, 0.4) is 0 Å². The Hall–Kier alpha value is -2.02. The standard InChI is InChI=1S/C14H16N2O2/c1-10-12(9-15)6-7-16(10)13-5-3-4-11(8-13)14(17)18-2/h3-5,8,10,12H,6-7H2,1-2H3. The third-order valence-corrected chi connectivity index (χ3v) is 3.52. The van der Waals surface area contributed by atoms with E-state index in [4.69, 9.17) is 10.00 Å². The van der Waals surface area contributed by atoms with Crippen LogP contribution in [-0.4, -0.2) is 25.7 Å². The lowest BCUT2D eigenvalue weighted by Gasteiger charge is -2.25. The fraction of sp³-hybridized carbons (Fsp3) is 0.429. The molecule has 0 bridgehead atoms. The van der Waals surface area contributed by atoms with Crippen LogP contribution in [0.25, 0.3) is 0 Å². The van der Waals surface area contributed by atoms with Crippen molar-refractivity contribution >= 4 is 11.7 Å². The summed E-state index contributed by atoms with van der Waals surface area (Å²) in [6.07, 6.45) is 0.875. The molecular formula is C14H16N2O2. The van der Waals surface area contributed by atoms with Crippen LogP contribution in [-0.2, 0) is 4.74 Å². The zero-order chi connectivity index (χ0) is 13.1. The Morgan fingerprint density at radius 3 is 2.94 bits per heavy atom. The Morgan fingerprint density at radius 1 is 1.56 bits per heavy atom. The van der Waals surface area contributed by atoms with Gasteiger partial charge in [0.05, 0.1) is 24.7 Å². The Labute approximate surface area is 107 Å². The zero-order valence-corrected chi connectivity index (χ0v) is 10.6. The molecule has 1 saturated heterocycles. The number of hydrogen-bond donors (Lipinski definition) is 0. The molecule has 4 heteroatoms. The number of carbonyl (C=O) groups is 1. The number of nitriles is 1. The molecule has 1 heterocycles. The van der Waals surface area contributed by atoms with Gasteiger partial charge in [0, 0.05) is 18.3 Å². The van der Waals surface area contributed by atoms with E-state index in [0.717, 1.165) is 18.7 Å². The van der Waals surface area contributed by atoms with Gasteiger partial charge in [-0.25, -0.2) is 4.79 Å². The van der Waals surface area contributed by atoms with Crippen molar-refractivity contribution < 1.29 is 9.53 Å². The van der Waals surface area contributed by atoms with Gasteiger partial charge in [-0.1, -0.05) is 6.07 Å². The lowest BCUT2D eigenvalue weighted by Crippen LogP contribution is -2.29. The van der Waals surface area contributed by atoms with Gasteiger partial charge in [-0.05, 0) is 31.5 Å². The highest BCUT2D eigenvalue weighted by atomic mass is 16.5. The number of esters is 1. The van der Waals surface area contributed by atoms with E-state index >= 15 is 0 Å². The molecule has 18 heavy (non-hydrogen) atoms. The van der Waals surface area contributed by atoms with Gasteiger partial charge >= 0.3 is 5.97 Å². The zero-order valence-electron chi connectivity index (χ0n) is 10.6. The van der Waals surface area contributed by atoms with Crippen LogP contribution < -0.4 is 4.90 Å². The Kier molecular flexibility index (Phi) is 3.52. The maximum Gasteiger partial charge on any atom is 0.337 e. The fourth-order valence-corrected chi connectivity index (χ4v) is 2.41. The highest BCUT2D eigenvalue weighted by Gasteiger charge is 2.30. The second-order valence-corrected chi connectivity index (χ2v) is 4.50. The number of nitrogens with zero attached hydrogens (tertiary/aromatic N) is 2. The van der Waals surface area contributed by atoms with Crippen LogP contribution in [0, 0.1) is 17.2 Å². The van der Waals surface area contributed by atoms with Gasteiger partial charge < -0.3 is 9.64 Å². The molecule has 4 nitrogen and oxygen atoms in total. The molecule has 1 fully saturated rings. The summed E-state index contributed by atoms with van der Waals surface area (Å²) in [5.74, 6) is -0.271. The molecule has 2 atom stereocenters. The first-order valence-electron chi connectivity index (χ1n) is 6.02. The van der Waals surface area contributed by atoms with Crippen molar-refractivity contribution in [3.8, 4) is 6.07 Å². The average molecular weight is 244 g/mol. The molecule has 94 valence electrons. The van der Waals surface area contributed by atoms with Crippen molar-refractivity contribution in [3.05, 3.63) is 29.8 Å². The summed E-state index contributed by atoms with van der Waals surface area (Å²) in [5.41, 5.74) is 1.52. The number of carbonyl (C=O) groups excluding carboxylic acids is 1. The van der Waals surface area contributed by atoms with E-state index in [0.29, 0.717) is 5.56 Å². The Morgan fingerprint density at radius 2 is 2.33 bits per heavy atom. The molecule has 0 aromatic heterocycles. The monoisotopic (exact) mass is 244 g/mol. The third-order valence-electron chi connectivity index (χ3n) is 3.52. The summed E-state index contributed by atoms with van der Waals surface area (Å²) in [4.78, 5) is 13.7.